The third-order valence-electron chi connectivity index (χ3n) is 1.74. The van der Waals surface area contributed by atoms with Crippen LogP contribution in [0.3, 0.4) is 0 Å². The van der Waals surface area contributed by atoms with Crippen LogP contribution in [-0.2, 0) is 6.42 Å². The number of rotatable bonds is 1. The summed E-state index contributed by atoms with van der Waals surface area (Å²) in [5.74, 6) is -5.90. The van der Waals surface area contributed by atoms with Crippen molar-refractivity contribution in [2.24, 2.45) is 0 Å². The van der Waals surface area contributed by atoms with Crippen LogP contribution >= 0.6 is 0 Å². The Labute approximate surface area is 72.2 Å². The number of anilines is 1. The highest BCUT2D eigenvalue weighted by atomic mass is 19.2. The van der Waals surface area contributed by atoms with E-state index in [1.165, 1.54) is 6.92 Å². The molecule has 0 aromatic heterocycles. The molecule has 72 valence electrons. The Kier molecular flexibility index (Phi) is 2.45. The summed E-state index contributed by atoms with van der Waals surface area (Å²) in [6, 6.07) is 0. The van der Waals surface area contributed by atoms with E-state index in [1.54, 1.807) is 0 Å². The van der Waals surface area contributed by atoms with Gasteiger partial charge in [0, 0.05) is 5.56 Å². The standard InChI is InChI=1S/C8H7F4N/c1-2-3-4(9)6(11)8(13)7(12)5(3)10/h2,13H2,1H3. The van der Waals surface area contributed by atoms with Gasteiger partial charge in [-0.15, -0.1) is 0 Å². The van der Waals surface area contributed by atoms with Gasteiger partial charge in [0.25, 0.3) is 0 Å². The van der Waals surface area contributed by atoms with Crippen molar-refractivity contribution in [2.75, 3.05) is 5.73 Å². The number of benzene rings is 1. The van der Waals surface area contributed by atoms with Crippen LogP contribution in [0.2, 0.25) is 0 Å². The van der Waals surface area contributed by atoms with Crippen LogP contribution in [-0.4, -0.2) is 0 Å². The van der Waals surface area contributed by atoms with Gasteiger partial charge >= 0.3 is 0 Å². The molecule has 13 heavy (non-hydrogen) atoms. The predicted octanol–water partition coefficient (Wildman–Crippen LogP) is 2.39. The average molecular weight is 193 g/mol. The molecular weight excluding hydrogens is 186 g/mol. The van der Waals surface area contributed by atoms with Crippen molar-refractivity contribution < 1.29 is 17.6 Å². The Morgan fingerprint density at radius 3 is 1.62 bits per heavy atom. The van der Waals surface area contributed by atoms with Crippen LogP contribution in [0, 0.1) is 23.3 Å². The topological polar surface area (TPSA) is 26.0 Å². The van der Waals surface area contributed by atoms with Gasteiger partial charge in [0.2, 0.25) is 0 Å². The quantitative estimate of drug-likeness (QED) is 0.413. The Morgan fingerprint density at radius 1 is 0.923 bits per heavy atom. The van der Waals surface area contributed by atoms with E-state index < -0.39 is 34.5 Å². The van der Waals surface area contributed by atoms with Crippen LogP contribution < -0.4 is 5.73 Å². The number of hydrogen-bond donors (Lipinski definition) is 1. The van der Waals surface area contributed by atoms with Gasteiger partial charge in [-0.1, -0.05) is 6.92 Å². The smallest absolute Gasteiger partial charge is 0.185 e. The Bertz CT molecular complexity index is 319. The van der Waals surface area contributed by atoms with E-state index in [0.29, 0.717) is 0 Å². The molecule has 0 spiro atoms. The summed E-state index contributed by atoms with van der Waals surface area (Å²) in [4.78, 5) is 0. The van der Waals surface area contributed by atoms with Crippen LogP contribution in [0.15, 0.2) is 0 Å². The van der Waals surface area contributed by atoms with Crippen molar-refractivity contribution in [1.29, 1.82) is 0 Å². The number of nitrogens with two attached hydrogens (primary N) is 1. The molecule has 0 saturated heterocycles. The zero-order valence-electron chi connectivity index (χ0n) is 6.80. The third kappa shape index (κ3) is 1.34. The molecule has 0 aliphatic carbocycles. The molecule has 1 nitrogen and oxygen atoms in total. The molecule has 5 heteroatoms. The van der Waals surface area contributed by atoms with E-state index in [1.807, 2.05) is 0 Å². The molecule has 0 aliphatic rings. The zero-order valence-corrected chi connectivity index (χ0v) is 6.80. The van der Waals surface area contributed by atoms with E-state index in [-0.39, 0.29) is 6.42 Å². The van der Waals surface area contributed by atoms with Crippen LogP contribution in [0.1, 0.15) is 12.5 Å². The van der Waals surface area contributed by atoms with Gasteiger partial charge in [-0.05, 0) is 6.42 Å². The van der Waals surface area contributed by atoms with Gasteiger partial charge in [-0.3, -0.25) is 0 Å². The molecule has 0 unspecified atom stereocenters. The minimum atomic E-state index is -1.53. The zero-order chi connectivity index (χ0) is 10.2. The molecule has 2 N–H and O–H groups in total. The van der Waals surface area contributed by atoms with E-state index in [2.05, 4.69) is 0 Å². The maximum Gasteiger partial charge on any atom is 0.185 e. The van der Waals surface area contributed by atoms with Gasteiger partial charge < -0.3 is 5.73 Å². The molecule has 0 atom stereocenters. The lowest BCUT2D eigenvalue weighted by Crippen LogP contribution is -2.07. The van der Waals surface area contributed by atoms with Gasteiger partial charge in [0.1, 0.15) is 5.69 Å². The monoisotopic (exact) mass is 193 g/mol. The summed E-state index contributed by atoms with van der Waals surface area (Å²) in [5.41, 5.74) is 3.04. The third-order valence-corrected chi connectivity index (χ3v) is 1.74. The fourth-order valence-corrected chi connectivity index (χ4v) is 1.00. The summed E-state index contributed by atoms with van der Waals surface area (Å²) in [6.45, 7) is 1.39. The van der Waals surface area contributed by atoms with Crippen LogP contribution in [0.4, 0.5) is 23.2 Å². The first-order chi connectivity index (χ1) is 6.00. The summed E-state index contributed by atoms with van der Waals surface area (Å²) in [5, 5.41) is 0. The van der Waals surface area contributed by atoms with E-state index >= 15 is 0 Å². The van der Waals surface area contributed by atoms with Crippen LogP contribution in [0.5, 0.6) is 0 Å². The molecule has 0 bridgehead atoms. The van der Waals surface area contributed by atoms with Crippen molar-refractivity contribution in [3.63, 3.8) is 0 Å². The Morgan fingerprint density at radius 2 is 1.31 bits per heavy atom. The van der Waals surface area contributed by atoms with Crippen molar-refractivity contribution in [2.45, 2.75) is 13.3 Å². The molecule has 0 saturated carbocycles. The first kappa shape index (κ1) is 9.83. The summed E-state index contributed by atoms with van der Waals surface area (Å²) in [7, 11) is 0. The molecule has 0 aliphatic heterocycles. The van der Waals surface area contributed by atoms with Gasteiger partial charge in [0.15, 0.2) is 23.3 Å². The second kappa shape index (κ2) is 3.24. The van der Waals surface area contributed by atoms with Gasteiger partial charge in [-0.2, -0.15) is 0 Å². The van der Waals surface area contributed by atoms with E-state index in [9.17, 15) is 17.6 Å². The fraction of sp³-hybridized carbons (Fsp3) is 0.250. The molecule has 0 radical (unpaired) electrons. The first-order valence-electron chi connectivity index (χ1n) is 3.61. The second-order valence-corrected chi connectivity index (χ2v) is 2.50. The highest BCUT2D eigenvalue weighted by Gasteiger charge is 2.22. The SMILES string of the molecule is CCc1c(F)c(F)c(N)c(F)c1F. The maximum atomic E-state index is 12.8. The first-order valence-corrected chi connectivity index (χ1v) is 3.61. The minimum Gasteiger partial charge on any atom is -0.394 e. The molecule has 0 fully saturated rings. The molecule has 1 rings (SSSR count). The summed E-state index contributed by atoms with van der Waals surface area (Å²) in [6.07, 6.45) is -0.133. The lowest BCUT2D eigenvalue weighted by molar-refractivity contribution is 0.446. The normalized spacial score (nSPS) is 10.5. The fourth-order valence-electron chi connectivity index (χ4n) is 1.00. The lowest BCUT2D eigenvalue weighted by Gasteiger charge is -2.06. The number of hydrogen-bond acceptors (Lipinski definition) is 1. The largest absolute Gasteiger partial charge is 0.394 e. The summed E-state index contributed by atoms with van der Waals surface area (Å²) < 4.78 is 51.1. The van der Waals surface area contributed by atoms with Crippen molar-refractivity contribution in [3.05, 3.63) is 28.8 Å². The van der Waals surface area contributed by atoms with Crippen molar-refractivity contribution in [1.82, 2.24) is 0 Å². The van der Waals surface area contributed by atoms with Gasteiger partial charge in [0.05, 0.1) is 0 Å². The number of halogens is 4. The molecule has 1 aromatic rings. The highest BCUT2D eigenvalue weighted by molar-refractivity contribution is 5.45. The maximum absolute atomic E-state index is 12.8. The average Bonchev–Trinajstić information content (AvgIpc) is 2.13. The van der Waals surface area contributed by atoms with E-state index in [4.69, 9.17) is 5.73 Å². The molecule has 0 amide bonds. The second-order valence-electron chi connectivity index (χ2n) is 2.50. The van der Waals surface area contributed by atoms with Crippen LogP contribution in [0.25, 0.3) is 0 Å². The van der Waals surface area contributed by atoms with Gasteiger partial charge in [-0.25, -0.2) is 17.6 Å². The number of nitrogen functional groups attached to an aromatic ring is 1. The Hall–Kier alpha value is -1.26. The molecule has 1 aromatic carbocycles. The van der Waals surface area contributed by atoms with Crippen molar-refractivity contribution in [3.8, 4) is 0 Å². The van der Waals surface area contributed by atoms with Crippen molar-refractivity contribution >= 4 is 5.69 Å². The van der Waals surface area contributed by atoms with E-state index in [0.717, 1.165) is 0 Å². The predicted molar refractivity (Wildman–Crippen MR) is 40.1 cm³/mol. The Balaban J connectivity index is 3.56. The molecule has 0 heterocycles. The minimum absolute atomic E-state index is 0.133. The molecular formula is C8H7F4N. The highest BCUT2D eigenvalue weighted by Crippen LogP contribution is 2.25. The lowest BCUT2D eigenvalue weighted by atomic mass is 10.1. The summed E-state index contributed by atoms with van der Waals surface area (Å²) >= 11 is 0.